The summed E-state index contributed by atoms with van der Waals surface area (Å²) in [6.45, 7) is 0. The fraction of sp³-hybridized carbons (Fsp3) is 1.00. The molecule has 0 saturated carbocycles. The highest BCUT2D eigenvalue weighted by Gasteiger charge is 2.50. The predicted molar refractivity (Wildman–Crippen MR) is 39.7 cm³/mol. The number of methoxy groups -OCH3 is 1. The molecule has 0 aromatic carbocycles. The van der Waals surface area contributed by atoms with Gasteiger partial charge in [-0.05, 0) is 0 Å². The van der Waals surface area contributed by atoms with Crippen LogP contribution in [0.5, 0.6) is 0 Å². The summed E-state index contributed by atoms with van der Waals surface area (Å²) >= 11 is -3.16. The van der Waals surface area contributed by atoms with Gasteiger partial charge in [0.15, 0.2) is 0 Å². The first-order valence-electron chi connectivity index (χ1n) is 2.82. The molecule has 11 heteroatoms. The van der Waals surface area contributed by atoms with Gasteiger partial charge in [-0.25, -0.2) is 17.0 Å². The molecule has 2 N–H and O–H groups in total. The van der Waals surface area contributed by atoms with E-state index >= 15 is 0 Å². The highest BCUT2D eigenvalue weighted by Crippen LogP contribution is 2.25. The SMILES string of the molecule is COC(F)(F)C(F)S(=O)(=O)NS(=O)O. The summed E-state index contributed by atoms with van der Waals surface area (Å²) in [5, 5.41) is 0. The van der Waals surface area contributed by atoms with Gasteiger partial charge >= 0.3 is 11.6 Å². The molecule has 86 valence electrons. The number of ether oxygens (including phenoxy) is 1. The van der Waals surface area contributed by atoms with Crippen LogP contribution in [0.4, 0.5) is 13.2 Å². The van der Waals surface area contributed by atoms with Gasteiger partial charge in [-0.3, -0.25) is 4.55 Å². The minimum Gasteiger partial charge on any atom is -0.321 e. The van der Waals surface area contributed by atoms with Crippen LogP contribution >= 0.6 is 0 Å². The number of hydrogen-bond donors (Lipinski definition) is 2. The van der Waals surface area contributed by atoms with Crippen molar-refractivity contribution in [3.63, 3.8) is 0 Å². The smallest absolute Gasteiger partial charge is 0.321 e. The van der Waals surface area contributed by atoms with Crippen LogP contribution < -0.4 is 4.13 Å². The van der Waals surface area contributed by atoms with E-state index < -0.39 is 32.9 Å². The quantitative estimate of drug-likeness (QED) is 0.652. The molecule has 0 saturated heterocycles. The molecule has 0 aliphatic heterocycles. The number of halogens is 3. The van der Waals surface area contributed by atoms with Crippen molar-refractivity contribution >= 4 is 21.3 Å². The Labute approximate surface area is 79.9 Å². The molecule has 0 amide bonds. The van der Waals surface area contributed by atoms with Gasteiger partial charge in [0.2, 0.25) is 11.3 Å². The van der Waals surface area contributed by atoms with E-state index in [1.807, 2.05) is 0 Å². The molecule has 0 radical (unpaired) electrons. The topological polar surface area (TPSA) is 92.7 Å². The normalized spacial score (nSPS) is 17.8. The second kappa shape index (κ2) is 4.53. The maximum absolute atomic E-state index is 12.5. The van der Waals surface area contributed by atoms with Crippen molar-refractivity contribution in [2.75, 3.05) is 7.11 Å². The van der Waals surface area contributed by atoms with E-state index in [0.29, 0.717) is 7.11 Å². The van der Waals surface area contributed by atoms with Gasteiger partial charge in [0.25, 0.3) is 10.0 Å². The first-order valence-corrected chi connectivity index (χ1v) is 5.48. The molecule has 2 atom stereocenters. The van der Waals surface area contributed by atoms with Crippen molar-refractivity contribution < 1.29 is 35.1 Å². The van der Waals surface area contributed by atoms with Crippen molar-refractivity contribution in [2.24, 2.45) is 0 Å². The maximum Gasteiger partial charge on any atom is 0.402 e. The minimum absolute atomic E-state index is 0.387. The summed E-state index contributed by atoms with van der Waals surface area (Å²) in [6, 6.07) is 0. The molecule has 0 heterocycles. The van der Waals surface area contributed by atoms with Crippen molar-refractivity contribution in [2.45, 2.75) is 11.6 Å². The second-order valence-corrected chi connectivity index (χ2v) is 4.63. The zero-order valence-corrected chi connectivity index (χ0v) is 8.24. The van der Waals surface area contributed by atoms with Gasteiger partial charge in [-0.1, -0.05) is 0 Å². The Hall–Kier alpha value is -0.230. The lowest BCUT2D eigenvalue weighted by molar-refractivity contribution is -0.240. The van der Waals surface area contributed by atoms with Gasteiger partial charge in [0, 0.05) is 7.11 Å². The third-order valence-electron chi connectivity index (χ3n) is 0.996. The maximum atomic E-state index is 12.5. The monoisotopic (exact) mass is 257 g/mol. The zero-order chi connectivity index (χ0) is 11.6. The molecule has 6 nitrogen and oxygen atoms in total. The van der Waals surface area contributed by atoms with Crippen LogP contribution in [0.1, 0.15) is 0 Å². The van der Waals surface area contributed by atoms with E-state index in [4.69, 9.17) is 4.55 Å². The van der Waals surface area contributed by atoms with Crippen LogP contribution in [0.15, 0.2) is 0 Å². The van der Waals surface area contributed by atoms with Crippen LogP contribution in [0.3, 0.4) is 0 Å². The van der Waals surface area contributed by atoms with Crippen LogP contribution in [-0.2, 0) is 26.0 Å². The lowest BCUT2D eigenvalue weighted by atomic mass is 10.7. The molecule has 0 aliphatic carbocycles. The van der Waals surface area contributed by atoms with Gasteiger partial charge < -0.3 is 4.74 Å². The lowest BCUT2D eigenvalue weighted by Gasteiger charge is -2.17. The molecule has 0 rings (SSSR count). The average molecular weight is 257 g/mol. The largest absolute Gasteiger partial charge is 0.402 e. The Morgan fingerprint density at radius 2 is 2.00 bits per heavy atom. The number of sulfonamides is 1. The second-order valence-electron chi connectivity index (χ2n) is 1.96. The Bertz CT molecular complexity index is 316. The van der Waals surface area contributed by atoms with E-state index in [2.05, 4.69) is 4.74 Å². The molecule has 0 fully saturated rings. The molecular weight excluding hydrogens is 251 g/mol. The molecule has 0 bridgehead atoms. The molecule has 0 spiro atoms. The summed E-state index contributed by atoms with van der Waals surface area (Å²) < 4.78 is 80.1. The summed E-state index contributed by atoms with van der Waals surface area (Å²) in [5.74, 6) is 0. The van der Waals surface area contributed by atoms with Crippen LogP contribution in [0, 0.1) is 0 Å². The molecule has 2 unspecified atom stereocenters. The minimum atomic E-state index is -5.27. The number of alkyl halides is 3. The number of nitrogens with one attached hydrogen (secondary N) is 1. The Balaban J connectivity index is 4.85. The standard InChI is InChI=1S/C3H6F3NO5S2/c1-12-3(5,6)2(4)14(10,11)7-13(8)9/h2,7H,1H3,(H,8,9). The van der Waals surface area contributed by atoms with Gasteiger partial charge in [-0.2, -0.15) is 8.78 Å². The molecular formula is C3H6F3NO5S2. The van der Waals surface area contributed by atoms with E-state index in [1.165, 1.54) is 0 Å². The highest BCUT2D eigenvalue weighted by atomic mass is 32.3. The van der Waals surface area contributed by atoms with Gasteiger partial charge in [-0.15, -0.1) is 4.13 Å². The fourth-order valence-electron chi connectivity index (χ4n) is 0.415. The fourth-order valence-corrected chi connectivity index (χ4v) is 2.01. The van der Waals surface area contributed by atoms with Gasteiger partial charge in [0.1, 0.15) is 0 Å². The first-order chi connectivity index (χ1) is 6.13. The van der Waals surface area contributed by atoms with Crippen molar-refractivity contribution in [1.82, 2.24) is 4.13 Å². The average Bonchev–Trinajstić information content (AvgIpc) is 2.00. The van der Waals surface area contributed by atoms with Crippen molar-refractivity contribution in [3.05, 3.63) is 0 Å². The Morgan fingerprint density at radius 3 is 2.29 bits per heavy atom. The molecule has 14 heavy (non-hydrogen) atoms. The third kappa shape index (κ3) is 3.49. The van der Waals surface area contributed by atoms with Gasteiger partial charge in [0.05, 0.1) is 0 Å². The summed E-state index contributed by atoms with van der Waals surface area (Å²) in [7, 11) is -4.88. The number of hydrogen-bond acceptors (Lipinski definition) is 4. The Kier molecular flexibility index (Phi) is 4.45. The molecule has 0 aromatic rings. The summed E-state index contributed by atoms with van der Waals surface area (Å²) in [6.07, 6.45) is -4.59. The van der Waals surface area contributed by atoms with Crippen molar-refractivity contribution in [3.8, 4) is 0 Å². The van der Waals surface area contributed by atoms with Crippen LogP contribution in [0.25, 0.3) is 0 Å². The molecule has 0 aliphatic rings. The summed E-state index contributed by atoms with van der Waals surface area (Å²) in [4.78, 5) is 0. The summed E-state index contributed by atoms with van der Waals surface area (Å²) in [5.41, 5.74) is -3.77. The zero-order valence-electron chi connectivity index (χ0n) is 6.61. The molecule has 0 aromatic heterocycles. The van der Waals surface area contributed by atoms with E-state index in [1.54, 1.807) is 0 Å². The third-order valence-corrected chi connectivity index (χ3v) is 3.32. The highest BCUT2D eigenvalue weighted by molar-refractivity contribution is 8.00. The van der Waals surface area contributed by atoms with E-state index in [-0.39, 0.29) is 0 Å². The van der Waals surface area contributed by atoms with Crippen molar-refractivity contribution in [1.29, 1.82) is 0 Å². The van der Waals surface area contributed by atoms with E-state index in [9.17, 15) is 25.8 Å². The predicted octanol–water partition coefficient (Wildman–Crippen LogP) is -0.423. The Morgan fingerprint density at radius 1 is 1.57 bits per heavy atom. The lowest BCUT2D eigenvalue weighted by Crippen LogP contribution is -2.44. The van der Waals surface area contributed by atoms with E-state index in [0.717, 1.165) is 4.13 Å². The first kappa shape index (κ1) is 13.8. The number of rotatable bonds is 5. The van der Waals surface area contributed by atoms with Crippen LogP contribution in [0.2, 0.25) is 0 Å². The van der Waals surface area contributed by atoms with Crippen LogP contribution in [-0.4, -0.2) is 35.9 Å².